The highest BCUT2D eigenvalue weighted by Gasteiger charge is 2.11. The van der Waals surface area contributed by atoms with Crippen LogP contribution in [0.4, 0.5) is 0 Å². The lowest BCUT2D eigenvalue weighted by molar-refractivity contribution is 0.537. The number of rotatable bonds is 2. The number of alkyl halides is 1. The van der Waals surface area contributed by atoms with Gasteiger partial charge < -0.3 is 4.42 Å². The van der Waals surface area contributed by atoms with Gasteiger partial charge in [0, 0.05) is 4.47 Å². The van der Waals surface area contributed by atoms with Crippen molar-refractivity contribution >= 4 is 27.5 Å². The van der Waals surface area contributed by atoms with Gasteiger partial charge in [-0.05, 0) is 34.5 Å². The van der Waals surface area contributed by atoms with Gasteiger partial charge in [0.1, 0.15) is 5.76 Å². The molecule has 4 heteroatoms. The van der Waals surface area contributed by atoms with Crippen LogP contribution in [0, 0.1) is 6.92 Å². The predicted molar refractivity (Wildman–Crippen MR) is 63.9 cm³/mol. The molecule has 0 aliphatic heterocycles. The summed E-state index contributed by atoms with van der Waals surface area (Å²) in [7, 11) is 0. The third-order valence-corrected chi connectivity index (χ3v) is 3.05. The molecule has 0 amide bonds. The van der Waals surface area contributed by atoms with Gasteiger partial charge in [-0.3, -0.25) is 0 Å². The van der Waals surface area contributed by atoms with E-state index in [-0.39, 0.29) is 0 Å². The minimum atomic E-state index is 0.344. The first-order valence-electron chi connectivity index (χ1n) is 4.48. The normalized spacial score (nSPS) is 10.6. The van der Waals surface area contributed by atoms with Crippen molar-refractivity contribution in [2.24, 2.45) is 0 Å². The monoisotopic (exact) mass is 285 g/mol. The number of hydrogen-bond donors (Lipinski definition) is 0. The lowest BCUT2D eigenvalue weighted by atomic mass is 10.1. The molecule has 2 aromatic rings. The van der Waals surface area contributed by atoms with Crippen molar-refractivity contribution in [1.82, 2.24) is 4.98 Å². The van der Waals surface area contributed by atoms with Crippen LogP contribution in [-0.2, 0) is 5.88 Å². The average Bonchev–Trinajstić information content (AvgIpc) is 2.66. The van der Waals surface area contributed by atoms with Crippen molar-refractivity contribution in [1.29, 1.82) is 0 Å². The molecule has 0 fully saturated rings. The number of nitrogens with zero attached hydrogens (tertiary/aromatic N) is 1. The van der Waals surface area contributed by atoms with E-state index in [2.05, 4.69) is 20.9 Å². The molecule has 15 heavy (non-hydrogen) atoms. The summed E-state index contributed by atoms with van der Waals surface area (Å²) in [6.07, 6.45) is 1.65. The Morgan fingerprint density at radius 3 is 2.87 bits per heavy atom. The van der Waals surface area contributed by atoms with Crippen LogP contribution in [0.2, 0.25) is 0 Å². The maximum absolute atomic E-state index is 5.66. The van der Waals surface area contributed by atoms with Gasteiger partial charge >= 0.3 is 0 Å². The Hall–Kier alpha value is -0.800. The highest BCUT2D eigenvalue weighted by Crippen LogP contribution is 2.30. The van der Waals surface area contributed by atoms with E-state index in [0.29, 0.717) is 17.5 Å². The summed E-state index contributed by atoms with van der Waals surface area (Å²) in [6, 6.07) is 5.96. The van der Waals surface area contributed by atoms with Crippen LogP contribution in [0.1, 0.15) is 11.3 Å². The van der Waals surface area contributed by atoms with Crippen LogP contribution in [-0.4, -0.2) is 4.98 Å². The lowest BCUT2D eigenvalue weighted by Crippen LogP contribution is -1.84. The van der Waals surface area contributed by atoms with Crippen molar-refractivity contribution in [3.05, 3.63) is 40.2 Å². The Morgan fingerprint density at radius 2 is 2.27 bits per heavy atom. The van der Waals surface area contributed by atoms with Crippen LogP contribution >= 0.6 is 27.5 Å². The predicted octanol–water partition coefficient (Wildman–Crippen LogP) is 4.15. The number of halogens is 2. The Balaban J connectivity index is 2.53. The highest BCUT2D eigenvalue weighted by atomic mass is 79.9. The number of aromatic nitrogens is 1. The molecule has 78 valence electrons. The summed E-state index contributed by atoms with van der Waals surface area (Å²) in [5.74, 6) is 1.63. The fraction of sp³-hybridized carbons (Fsp3) is 0.182. The molecule has 1 aromatic heterocycles. The largest absolute Gasteiger partial charge is 0.440 e. The molecule has 0 spiro atoms. The van der Waals surface area contributed by atoms with Gasteiger partial charge in [0.05, 0.1) is 17.6 Å². The highest BCUT2D eigenvalue weighted by molar-refractivity contribution is 9.10. The van der Waals surface area contributed by atoms with Crippen molar-refractivity contribution in [2.45, 2.75) is 12.8 Å². The molecule has 0 saturated heterocycles. The Kier molecular flexibility index (Phi) is 3.12. The van der Waals surface area contributed by atoms with Gasteiger partial charge in [-0.25, -0.2) is 4.98 Å². The summed E-state index contributed by atoms with van der Waals surface area (Å²) in [5, 5.41) is 0. The van der Waals surface area contributed by atoms with E-state index in [1.165, 1.54) is 0 Å². The second-order valence-electron chi connectivity index (χ2n) is 3.20. The molecule has 2 rings (SSSR count). The SMILES string of the molecule is Cc1cccc(Br)c1-c1ncc(CCl)o1. The Bertz CT molecular complexity index is 461. The zero-order valence-corrected chi connectivity index (χ0v) is 10.5. The van der Waals surface area contributed by atoms with Gasteiger partial charge in [0.15, 0.2) is 0 Å². The van der Waals surface area contributed by atoms with Gasteiger partial charge in [0.25, 0.3) is 0 Å². The van der Waals surface area contributed by atoms with Gasteiger partial charge in [-0.1, -0.05) is 12.1 Å². The lowest BCUT2D eigenvalue weighted by Gasteiger charge is -2.03. The van der Waals surface area contributed by atoms with Gasteiger partial charge in [-0.15, -0.1) is 11.6 Å². The fourth-order valence-corrected chi connectivity index (χ4v) is 2.15. The summed E-state index contributed by atoms with van der Waals surface area (Å²) in [5.41, 5.74) is 2.10. The van der Waals surface area contributed by atoms with Crippen LogP contribution in [0.3, 0.4) is 0 Å². The van der Waals surface area contributed by atoms with Gasteiger partial charge in [-0.2, -0.15) is 0 Å². The number of aryl methyl sites for hydroxylation is 1. The molecule has 0 saturated carbocycles. The van der Waals surface area contributed by atoms with Crippen LogP contribution in [0.25, 0.3) is 11.5 Å². The third-order valence-electron chi connectivity index (χ3n) is 2.12. The molecule has 0 atom stereocenters. The summed E-state index contributed by atoms with van der Waals surface area (Å²) in [6.45, 7) is 2.02. The first-order valence-corrected chi connectivity index (χ1v) is 5.81. The van der Waals surface area contributed by atoms with E-state index in [1.54, 1.807) is 6.20 Å². The molecule has 0 aliphatic rings. The Morgan fingerprint density at radius 1 is 1.47 bits per heavy atom. The second kappa shape index (κ2) is 4.37. The molecule has 0 radical (unpaired) electrons. The Labute approximate surface area is 101 Å². The van der Waals surface area contributed by atoms with E-state index in [1.807, 2.05) is 25.1 Å². The second-order valence-corrected chi connectivity index (χ2v) is 4.32. The van der Waals surface area contributed by atoms with Crippen molar-refractivity contribution in [2.75, 3.05) is 0 Å². The minimum Gasteiger partial charge on any atom is -0.440 e. The molecule has 2 nitrogen and oxygen atoms in total. The minimum absolute atomic E-state index is 0.344. The van der Waals surface area contributed by atoms with Crippen LogP contribution in [0.5, 0.6) is 0 Å². The fourth-order valence-electron chi connectivity index (χ4n) is 1.39. The molecule has 0 unspecified atom stereocenters. The molecule has 1 aromatic carbocycles. The summed E-state index contributed by atoms with van der Waals surface area (Å²) in [4.78, 5) is 4.20. The summed E-state index contributed by atoms with van der Waals surface area (Å²) < 4.78 is 6.48. The molecule has 1 heterocycles. The van der Waals surface area contributed by atoms with E-state index < -0.39 is 0 Å². The van der Waals surface area contributed by atoms with Crippen LogP contribution in [0.15, 0.2) is 33.3 Å². The quantitative estimate of drug-likeness (QED) is 0.775. The van der Waals surface area contributed by atoms with Crippen molar-refractivity contribution in [3.63, 3.8) is 0 Å². The van der Waals surface area contributed by atoms with E-state index >= 15 is 0 Å². The third kappa shape index (κ3) is 2.08. The first kappa shape index (κ1) is 10.7. The molecule has 0 aliphatic carbocycles. The number of benzene rings is 1. The first-order chi connectivity index (χ1) is 7.22. The van der Waals surface area contributed by atoms with E-state index in [0.717, 1.165) is 15.6 Å². The molecular weight excluding hydrogens is 277 g/mol. The smallest absolute Gasteiger partial charge is 0.227 e. The zero-order valence-electron chi connectivity index (χ0n) is 8.13. The van der Waals surface area contributed by atoms with Gasteiger partial charge in [0.2, 0.25) is 5.89 Å². The average molecular weight is 287 g/mol. The zero-order chi connectivity index (χ0) is 10.8. The van der Waals surface area contributed by atoms with Crippen molar-refractivity contribution < 1.29 is 4.42 Å². The molecule has 0 N–H and O–H groups in total. The van der Waals surface area contributed by atoms with E-state index in [4.69, 9.17) is 16.0 Å². The maximum atomic E-state index is 5.66. The topological polar surface area (TPSA) is 26.0 Å². The van der Waals surface area contributed by atoms with Crippen LogP contribution < -0.4 is 0 Å². The number of hydrogen-bond acceptors (Lipinski definition) is 2. The molecule has 0 bridgehead atoms. The maximum Gasteiger partial charge on any atom is 0.227 e. The van der Waals surface area contributed by atoms with Crippen molar-refractivity contribution in [3.8, 4) is 11.5 Å². The number of oxazole rings is 1. The van der Waals surface area contributed by atoms with E-state index in [9.17, 15) is 0 Å². The molecular formula is C11H9BrClNO. The summed E-state index contributed by atoms with van der Waals surface area (Å²) >= 11 is 9.14. The standard InChI is InChI=1S/C11H9BrClNO/c1-7-3-2-4-9(12)10(7)11-14-6-8(5-13)15-11/h2-4,6H,5H2,1H3.